The average molecular weight is 469 g/mol. The molecule has 1 aliphatic heterocycles. The summed E-state index contributed by atoms with van der Waals surface area (Å²) < 4.78 is 0.765. The second kappa shape index (κ2) is 10.4. The number of carbonyl (C=O) groups excluding carboxylic acids is 1. The molecule has 2 fully saturated rings. The molecule has 1 amide bonds. The van der Waals surface area contributed by atoms with E-state index in [1.54, 1.807) is 11.3 Å². The zero-order chi connectivity index (χ0) is 17.2. The first-order valence-corrected chi connectivity index (χ1v) is 11.0. The van der Waals surface area contributed by atoms with Gasteiger partial charge in [0.25, 0.3) is 0 Å². The van der Waals surface area contributed by atoms with Crippen molar-refractivity contribution in [1.29, 1.82) is 0 Å². The maximum Gasteiger partial charge on any atom is 0.228 e. The van der Waals surface area contributed by atoms with Gasteiger partial charge in [-0.2, -0.15) is 0 Å². The van der Waals surface area contributed by atoms with E-state index >= 15 is 0 Å². The van der Waals surface area contributed by atoms with Crippen LogP contribution in [0.5, 0.6) is 0 Å². The van der Waals surface area contributed by atoms with Crippen LogP contribution < -0.4 is 5.32 Å². The van der Waals surface area contributed by atoms with Crippen molar-refractivity contribution in [3.05, 3.63) is 27.5 Å². The molecular weight excluding hydrogens is 445 g/mol. The maximum absolute atomic E-state index is 12.6. The van der Waals surface area contributed by atoms with Crippen LogP contribution >= 0.6 is 59.1 Å². The third kappa shape index (κ3) is 6.31. The van der Waals surface area contributed by atoms with E-state index in [0.717, 1.165) is 58.3 Å². The van der Waals surface area contributed by atoms with Crippen molar-refractivity contribution in [3.8, 4) is 9.88 Å². The van der Waals surface area contributed by atoms with E-state index in [0.29, 0.717) is 12.5 Å². The van der Waals surface area contributed by atoms with Crippen LogP contribution in [0.3, 0.4) is 0 Å². The van der Waals surface area contributed by atoms with E-state index in [4.69, 9.17) is 11.6 Å². The minimum Gasteiger partial charge on any atom is -0.342 e. The number of thiazole rings is 1. The fourth-order valence-electron chi connectivity index (χ4n) is 3.19. The first-order chi connectivity index (χ1) is 12.2. The Morgan fingerprint density at radius 3 is 2.59 bits per heavy atom. The quantitative estimate of drug-likeness (QED) is 0.655. The number of halogens is 3. The van der Waals surface area contributed by atoms with Crippen LogP contribution in [0.25, 0.3) is 9.88 Å². The molecule has 4 rings (SSSR count). The summed E-state index contributed by atoms with van der Waals surface area (Å²) in [7, 11) is 0. The highest BCUT2D eigenvalue weighted by atomic mass is 35.5. The molecule has 150 valence electrons. The summed E-state index contributed by atoms with van der Waals surface area (Å²) in [6.07, 6.45) is 5.30. The standard InChI is InChI=1S/C18H22ClN3OS2.2ClH/c19-16-4-3-15(25-16)18-21-14(11-24-18)9-17(23)22-7-5-13(6-8-22)20-10-12-1-2-12;;/h3-4,11-13,20H,1-2,5-10H2;2*1H. The fraction of sp³-hybridized carbons (Fsp3) is 0.556. The van der Waals surface area contributed by atoms with Gasteiger partial charge in [0.15, 0.2) is 0 Å². The van der Waals surface area contributed by atoms with Crippen LogP contribution in [0, 0.1) is 5.92 Å². The number of nitrogens with one attached hydrogen (secondary N) is 1. The summed E-state index contributed by atoms with van der Waals surface area (Å²) in [5.74, 6) is 1.11. The van der Waals surface area contributed by atoms with Crippen LogP contribution in [0.4, 0.5) is 0 Å². The molecule has 0 atom stereocenters. The second-order valence-electron chi connectivity index (χ2n) is 6.93. The monoisotopic (exact) mass is 467 g/mol. The minimum absolute atomic E-state index is 0. The van der Waals surface area contributed by atoms with E-state index in [9.17, 15) is 4.79 Å². The Morgan fingerprint density at radius 2 is 1.96 bits per heavy atom. The van der Waals surface area contributed by atoms with Crippen molar-refractivity contribution >= 4 is 65.0 Å². The molecule has 27 heavy (non-hydrogen) atoms. The number of amides is 1. The minimum atomic E-state index is 0. The Labute approximate surface area is 185 Å². The molecule has 1 N–H and O–H groups in total. The topological polar surface area (TPSA) is 45.2 Å². The lowest BCUT2D eigenvalue weighted by Gasteiger charge is -2.32. The highest BCUT2D eigenvalue weighted by Crippen LogP contribution is 2.33. The van der Waals surface area contributed by atoms with Crippen molar-refractivity contribution < 1.29 is 4.79 Å². The van der Waals surface area contributed by atoms with Gasteiger partial charge < -0.3 is 10.2 Å². The van der Waals surface area contributed by atoms with E-state index in [1.807, 2.05) is 22.4 Å². The summed E-state index contributed by atoms with van der Waals surface area (Å²) in [4.78, 5) is 20.2. The molecule has 9 heteroatoms. The van der Waals surface area contributed by atoms with Crippen molar-refractivity contribution in [2.45, 2.75) is 38.1 Å². The average Bonchev–Trinajstić information content (AvgIpc) is 3.17. The number of aromatic nitrogens is 1. The van der Waals surface area contributed by atoms with Gasteiger partial charge in [-0.25, -0.2) is 4.98 Å². The van der Waals surface area contributed by atoms with E-state index in [-0.39, 0.29) is 30.7 Å². The van der Waals surface area contributed by atoms with Crippen molar-refractivity contribution in [3.63, 3.8) is 0 Å². The third-order valence-electron chi connectivity index (χ3n) is 4.91. The molecule has 2 aromatic rings. The van der Waals surface area contributed by atoms with Crippen molar-refractivity contribution in [1.82, 2.24) is 15.2 Å². The molecule has 2 aromatic heterocycles. The van der Waals surface area contributed by atoms with Crippen LogP contribution in [-0.4, -0.2) is 41.5 Å². The number of hydrogen-bond acceptors (Lipinski definition) is 5. The van der Waals surface area contributed by atoms with Crippen molar-refractivity contribution in [2.75, 3.05) is 19.6 Å². The van der Waals surface area contributed by atoms with Gasteiger partial charge in [-0.05, 0) is 50.3 Å². The summed E-state index contributed by atoms with van der Waals surface area (Å²) in [6.45, 7) is 2.88. The highest BCUT2D eigenvalue weighted by Gasteiger charge is 2.26. The van der Waals surface area contributed by atoms with Crippen LogP contribution in [0.15, 0.2) is 17.5 Å². The molecule has 0 spiro atoms. The van der Waals surface area contributed by atoms with Crippen LogP contribution in [0.1, 0.15) is 31.4 Å². The Kier molecular flexibility index (Phi) is 8.84. The van der Waals surface area contributed by atoms with Gasteiger partial charge in [0, 0.05) is 24.5 Å². The van der Waals surface area contributed by atoms with Crippen LogP contribution in [-0.2, 0) is 11.2 Å². The van der Waals surface area contributed by atoms with Crippen molar-refractivity contribution in [2.24, 2.45) is 5.92 Å². The molecule has 4 nitrogen and oxygen atoms in total. The summed E-state index contributed by atoms with van der Waals surface area (Å²) in [6, 6.07) is 4.45. The van der Waals surface area contributed by atoms with E-state index < -0.39 is 0 Å². The van der Waals surface area contributed by atoms with Gasteiger partial charge in [-0.1, -0.05) is 11.6 Å². The highest BCUT2D eigenvalue weighted by molar-refractivity contribution is 7.23. The molecule has 3 heterocycles. The third-order valence-corrected chi connectivity index (χ3v) is 7.20. The summed E-state index contributed by atoms with van der Waals surface area (Å²) in [5, 5.41) is 6.60. The molecule has 1 aliphatic carbocycles. The number of piperidine rings is 1. The molecule has 1 saturated carbocycles. The maximum atomic E-state index is 12.6. The number of nitrogens with zero attached hydrogens (tertiary/aromatic N) is 2. The predicted octanol–water partition coefficient (Wildman–Crippen LogP) is 4.90. The summed E-state index contributed by atoms with van der Waals surface area (Å²) >= 11 is 9.09. The van der Waals surface area contributed by atoms with Crippen LogP contribution in [0.2, 0.25) is 4.34 Å². The molecule has 0 bridgehead atoms. The summed E-state index contributed by atoms with van der Waals surface area (Å²) in [5.41, 5.74) is 0.864. The second-order valence-corrected chi connectivity index (χ2v) is 9.50. The Morgan fingerprint density at radius 1 is 1.22 bits per heavy atom. The number of rotatable bonds is 6. The Hall–Kier alpha value is -0.370. The lowest BCUT2D eigenvalue weighted by atomic mass is 10.0. The first-order valence-electron chi connectivity index (χ1n) is 8.88. The molecule has 1 saturated heterocycles. The number of thiophene rings is 1. The Bertz CT molecular complexity index is 740. The van der Waals surface area contributed by atoms with E-state index in [2.05, 4.69) is 10.3 Å². The lowest BCUT2D eigenvalue weighted by Crippen LogP contribution is -2.45. The van der Waals surface area contributed by atoms with Gasteiger partial charge in [-0.3, -0.25) is 4.79 Å². The number of hydrogen-bond donors (Lipinski definition) is 1. The normalized spacial score (nSPS) is 17.3. The van der Waals surface area contributed by atoms with Gasteiger partial charge in [-0.15, -0.1) is 47.5 Å². The molecule has 0 radical (unpaired) electrons. The largest absolute Gasteiger partial charge is 0.342 e. The first kappa shape index (κ1) is 22.9. The zero-order valence-corrected chi connectivity index (χ0v) is 18.9. The van der Waals surface area contributed by atoms with E-state index in [1.165, 1.54) is 24.2 Å². The smallest absolute Gasteiger partial charge is 0.228 e. The zero-order valence-electron chi connectivity index (χ0n) is 14.9. The Balaban J connectivity index is 0.00000131. The molecular formula is C18H24Cl3N3OS2. The predicted molar refractivity (Wildman–Crippen MR) is 119 cm³/mol. The van der Waals surface area contributed by atoms with Gasteiger partial charge in [0.05, 0.1) is 21.3 Å². The SMILES string of the molecule is Cl.Cl.O=C(Cc1csc(-c2ccc(Cl)s2)n1)N1CCC(NCC2CC2)CC1. The number of carbonyl (C=O) groups is 1. The molecule has 0 aromatic carbocycles. The van der Waals surface area contributed by atoms with Gasteiger partial charge >= 0.3 is 0 Å². The fourth-order valence-corrected chi connectivity index (χ4v) is 5.12. The van der Waals surface area contributed by atoms with Gasteiger partial charge in [0.2, 0.25) is 5.91 Å². The van der Waals surface area contributed by atoms with Gasteiger partial charge in [0.1, 0.15) is 5.01 Å². The molecule has 2 aliphatic rings. The molecule has 0 unspecified atom stereocenters. The lowest BCUT2D eigenvalue weighted by molar-refractivity contribution is -0.131. The number of likely N-dealkylation sites (tertiary alicyclic amines) is 1.